The van der Waals surface area contributed by atoms with Crippen molar-refractivity contribution in [1.29, 1.82) is 0 Å². The molecule has 0 aliphatic carbocycles. The summed E-state index contributed by atoms with van der Waals surface area (Å²) in [4.78, 5) is 17.7. The molecule has 1 aromatic rings. The molecule has 0 bridgehead atoms. The van der Waals surface area contributed by atoms with Crippen LogP contribution in [0, 0.1) is 5.92 Å². The van der Waals surface area contributed by atoms with Gasteiger partial charge in [-0.2, -0.15) is 0 Å². The average molecular weight is 281 g/mol. The Bertz CT molecular complexity index is 413. The van der Waals surface area contributed by atoms with Crippen molar-refractivity contribution in [3.05, 3.63) is 16.1 Å². The topological polar surface area (TPSA) is 54.0 Å². The van der Waals surface area contributed by atoms with Crippen molar-refractivity contribution in [3.8, 4) is 0 Å². The zero-order valence-electron chi connectivity index (χ0n) is 11.7. The van der Waals surface area contributed by atoms with Gasteiger partial charge in [-0.05, 0) is 45.2 Å². The lowest BCUT2D eigenvalue weighted by Gasteiger charge is -2.22. The largest absolute Gasteiger partial charge is 0.347 e. The van der Waals surface area contributed by atoms with Gasteiger partial charge in [0.2, 0.25) is 5.91 Å². The third-order valence-electron chi connectivity index (χ3n) is 3.60. The summed E-state index contributed by atoms with van der Waals surface area (Å²) in [5.74, 6) is 0.698. The highest BCUT2D eigenvalue weighted by molar-refractivity contribution is 7.11. The summed E-state index contributed by atoms with van der Waals surface area (Å²) in [6.45, 7) is 6.22. The molecule has 1 saturated heterocycles. The Balaban J connectivity index is 1.80. The van der Waals surface area contributed by atoms with Crippen LogP contribution in [-0.4, -0.2) is 24.0 Å². The van der Waals surface area contributed by atoms with Gasteiger partial charge in [-0.3, -0.25) is 4.79 Å². The molecule has 0 spiro atoms. The molecule has 1 atom stereocenters. The van der Waals surface area contributed by atoms with Gasteiger partial charge in [-0.1, -0.05) is 6.92 Å². The van der Waals surface area contributed by atoms with E-state index in [9.17, 15) is 4.79 Å². The molecule has 2 N–H and O–H groups in total. The number of carbonyl (C=O) groups excluding carboxylic acids is 1. The van der Waals surface area contributed by atoms with Gasteiger partial charge >= 0.3 is 0 Å². The molecule has 2 rings (SSSR count). The molecule has 4 nitrogen and oxygen atoms in total. The lowest BCUT2D eigenvalue weighted by Crippen LogP contribution is -2.33. The van der Waals surface area contributed by atoms with Crippen LogP contribution in [0.1, 0.15) is 49.0 Å². The predicted molar refractivity (Wildman–Crippen MR) is 78.3 cm³/mol. The molecule has 0 radical (unpaired) electrons. The number of hydrogen-bond acceptors (Lipinski definition) is 4. The first-order valence-corrected chi connectivity index (χ1v) is 7.95. The van der Waals surface area contributed by atoms with Gasteiger partial charge < -0.3 is 10.6 Å². The third-order valence-corrected chi connectivity index (χ3v) is 4.92. The Morgan fingerprint density at radius 1 is 1.58 bits per heavy atom. The first-order valence-electron chi connectivity index (χ1n) is 7.13. The molecule has 1 aromatic heterocycles. The van der Waals surface area contributed by atoms with Crippen LogP contribution in [0.4, 0.5) is 0 Å². The standard InChI is InChI=1S/C14H23N3OS/c1-3-12-9-16-14(19-12)10(2)17-13(18)8-11-4-6-15-7-5-11/h9-11,15H,3-8H2,1-2H3,(H,17,18)/t10-/m1/s1. The second kappa shape index (κ2) is 7.01. The van der Waals surface area contributed by atoms with Gasteiger partial charge in [0.1, 0.15) is 5.01 Å². The number of rotatable bonds is 5. The van der Waals surface area contributed by atoms with Crippen molar-refractivity contribution in [3.63, 3.8) is 0 Å². The fraction of sp³-hybridized carbons (Fsp3) is 0.714. The SMILES string of the molecule is CCc1cnc([C@@H](C)NC(=O)CC2CCNCC2)s1. The quantitative estimate of drug-likeness (QED) is 0.870. The molecule has 0 saturated carbocycles. The zero-order chi connectivity index (χ0) is 13.7. The maximum absolute atomic E-state index is 12.0. The minimum Gasteiger partial charge on any atom is -0.347 e. The molecule has 19 heavy (non-hydrogen) atoms. The number of thiazole rings is 1. The van der Waals surface area contributed by atoms with E-state index in [0.717, 1.165) is 37.4 Å². The van der Waals surface area contributed by atoms with Gasteiger partial charge in [0.05, 0.1) is 6.04 Å². The Morgan fingerprint density at radius 2 is 2.32 bits per heavy atom. The van der Waals surface area contributed by atoms with Crippen molar-refractivity contribution < 1.29 is 4.79 Å². The third kappa shape index (κ3) is 4.28. The maximum Gasteiger partial charge on any atom is 0.220 e. The first-order chi connectivity index (χ1) is 9.19. The number of piperidine rings is 1. The fourth-order valence-electron chi connectivity index (χ4n) is 2.40. The molecular formula is C14H23N3OS. The Labute approximate surface area is 119 Å². The first kappa shape index (κ1) is 14.5. The van der Waals surface area contributed by atoms with Crippen molar-refractivity contribution in [2.45, 2.75) is 45.6 Å². The lowest BCUT2D eigenvalue weighted by molar-refractivity contribution is -0.122. The Hall–Kier alpha value is -0.940. The van der Waals surface area contributed by atoms with Crippen molar-refractivity contribution in [2.75, 3.05) is 13.1 Å². The van der Waals surface area contributed by atoms with Crippen LogP contribution in [0.3, 0.4) is 0 Å². The Morgan fingerprint density at radius 3 is 2.95 bits per heavy atom. The molecule has 0 unspecified atom stereocenters. The molecule has 106 valence electrons. The van der Waals surface area contributed by atoms with E-state index in [1.54, 1.807) is 11.3 Å². The van der Waals surface area contributed by atoms with Crippen LogP contribution in [0.15, 0.2) is 6.20 Å². The molecular weight excluding hydrogens is 258 g/mol. The van der Waals surface area contributed by atoms with Crippen molar-refractivity contribution in [2.24, 2.45) is 5.92 Å². The highest BCUT2D eigenvalue weighted by atomic mass is 32.1. The van der Waals surface area contributed by atoms with Crippen LogP contribution in [0.5, 0.6) is 0 Å². The molecule has 0 aromatic carbocycles. The average Bonchev–Trinajstić information content (AvgIpc) is 2.88. The highest BCUT2D eigenvalue weighted by Gasteiger charge is 2.19. The normalized spacial score (nSPS) is 18.2. The van der Waals surface area contributed by atoms with Crippen LogP contribution in [-0.2, 0) is 11.2 Å². The summed E-state index contributed by atoms with van der Waals surface area (Å²) >= 11 is 1.69. The number of amides is 1. The number of nitrogens with zero attached hydrogens (tertiary/aromatic N) is 1. The van der Waals surface area contributed by atoms with Crippen LogP contribution < -0.4 is 10.6 Å². The molecule has 1 amide bonds. The van der Waals surface area contributed by atoms with Gasteiger partial charge in [0.25, 0.3) is 0 Å². The summed E-state index contributed by atoms with van der Waals surface area (Å²) in [5.41, 5.74) is 0. The van der Waals surface area contributed by atoms with E-state index in [1.807, 2.05) is 13.1 Å². The molecule has 1 aliphatic heterocycles. The minimum absolute atomic E-state index is 0.0273. The summed E-state index contributed by atoms with van der Waals surface area (Å²) in [6.07, 6.45) is 5.79. The molecule has 1 fully saturated rings. The van der Waals surface area contributed by atoms with Crippen molar-refractivity contribution in [1.82, 2.24) is 15.6 Å². The number of nitrogens with one attached hydrogen (secondary N) is 2. The van der Waals surface area contributed by atoms with E-state index in [-0.39, 0.29) is 11.9 Å². The number of aromatic nitrogens is 1. The second-order valence-electron chi connectivity index (χ2n) is 5.21. The number of carbonyl (C=O) groups is 1. The summed E-state index contributed by atoms with van der Waals surface area (Å²) < 4.78 is 0. The van der Waals surface area contributed by atoms with E-state index < -0.39 is 0 Å². The van der Waals surface area contributed by atoms with Crippen LogP contribution in [0.25, 0.3) is 0 Å². The van der Waals surface area contributed by atoms with E-state index in [2.05, 4.69) is 22.5 Å². The monoisotopic (exact) mass is 281 g/mol. The van der Waals surface area contributed by atoms with Crippen LogP contribution in [0.2, 0.25) is 0 Å². The van der Waals surface area contributed by atoms with E-state index >= 15 is 0 Å². The van der Waals surface area contributed by atoms with Crippen LogP contribution >= 0.6 is 11.3 Å². The summed E-state index contributed by atoms with van der Waals surface area (Å²) in [7, 11) is 0. The van der Waals surface area contributed by atoms with Crippen molar-refractivity contribution >= 4 is 17.2 Å². The van der Waals surface area contributed by atoms with E-state index in [4.69, 9.17) is 0 Å². The Kier molecular flexibility index (Phi) is 5.34. The highest BCUT2D eigenvalue weighted by Crippen LogP contribution is 2.21. The van der Waals surface area contributed by atoms with Gasteiger partial charge in [0, 0.05) is 17.5 Å². The molecule has 2 heterocycles. The van der Waals surface area contributed by atoms with Gasteiger partial charge in [-0.25, -0.2) is 4.98 Å². The number of hydrogen-bond donors (Lipinski definition) is 2. The molecule has 5 heteroatoms. The summed E-state index contributed by atoms with van der Waals surface area (Å²) in [5, 5.41) is 7.40. The van der Waals surface area contributed by atoms with E-state index in [1.165, 1.54) is 4.88 Å². The molecule has 1 aliphatic rings. The zero-order valence-corrected chi connectivity index (χ0v) is 12.6. The lowest BCUT2D eigenvalue weighted by atomic mass is 9.94. The number of aryl methyl sites for hydroxylation is 1. The maximum atomic E-state index is 12.0. The minimum atomic E-state index is 0.0273. The smallest absolute Gasteiger partial charge is 0.220 e. The van der Waals surface area contributed by atoms with E-state index in [0.29, 0.717) is 12.3 Å². The predicted octanol–water partition coefficient (Wildman–Crippen LogP) is 2.27. The van der Waals surface area contributed by atoms with Gasteiger partial charge in [0.15, 0.2) is 0 Å². The van der Waals surface area contributed by atoms with Gasteiger partial charge in [-0.15, -0.1) is 11.3 Å². The second-order valence-corrected chi connectivity index (χ2v) is 6.35. The fourth-order valence-corrected chi connectivity index (χ4v) is 3.26. The summed E-state index contributed by atoms with van der Waals surface area (Å²) in [6, 6.07) is 0.0273.